The number of aliphatic hydroxyl groups is 1. The Morgan fingerprint density at radius 1 is 0.569 bits per heavy atom. The summed E-state index contributed by atoms with van der Waals surface area (Å²) in [5.41, 5.74) is 0. The minimum absolute atomic E-state index is 0.0545. The Morgan fingerprint density at radius 3 is 1.38 bits per heavy atom. The highest BCUT2D eigenvalue weighted by Gasteiger charge is 2.27. The molecule has 9 heteroatoms. The van der Waals surface area contributed by atoms with Gasteiger partial charge in [-0.15, -0.1) is 0 Å². The Labute approximate surface area is 359 Å². The van der Waals surface area contributed by atoms with Crippen molar-refractivity contribution in [1.82, 2.24) is 5.32 Å². The van der Waals surface area contributed by atoms with E-state index in [1.807, 2.05) is 27.2 Å². The monoisotopic (exact) mass is 840 g/mol. The molecule has 0 saturated heterocycles. The van der Waals surface area contributed by atoms with Crippen LogP contribution in [0.1, 0.15) is 219 Å². The molecule has 0 spiro atoms. The van der Waals surface area contributed by atoms with E-state index in [0.717, 1.165) is 44.9 Å². The largest absolute Gasteiger partial charge is 0.472 e. The lowest BCUT2D eigenvalue weighted by Gasteiger charge is -2.25. The second-order valence-electron chi connectivity index (χ2n) is 17.8. The predicted octanol–water partition coefficient (Wildman–Crippen LogP) is 13.9. The van der Waals surface area contributed by atoms with Crippen LogP contribution in [-0.2, 0) is 18.4 Å². The van der Waals surface area contributed by atoms with Gasteiger partial charge in [-0.3, -0.25) is 13.8 Å². The molecule has 0 aromatic heterocycles. The van der Waals surface area contributed by atoms with Crippen molar-refractivity contribution in [3.8, 4) is 0 Å². The molecule has 0 radical (unpaired) electrons. The van der Waals surface area contributed by atoms with E-state index in [9.17, 15) is 19.4 Å². The van der Waals surface area contributed by atoms with Gasteiger partial charge >= 0.3 is 7.82 Å². The van der Waals surface area contributed by atoms with E-state index in [4.69, 9.17) is 9.05 Å². The molecule has 0 saturated carbocycles. The molecule has 0 aliphatic carbocycles. The van der Waals surface area contributed by atoms with Crippen LogP contribution in [0, 0.1) is 0 Å². The molecular weight excluding hydrogens is 744 g/mol. The minimum Gasteiger partial charge on any atom is -0.387 e. The Bertz CT molecular complexity index is 1040. The maximum atomic E-state index is 12.8. The second kappa shape index (κ2) is 41.1. The molecule has 0 aromatic rings. The average molecular weight is 840 g/mol. The van der Waals surface area contributed by atoms with Crippen LogP contribution in [0.2, 0.25) is 0 Å². The van der Waals surface area contributed by atoms with E-state index in [1.165, 1.54) is 154 Å². The fourth-order valence-electron chi connectivity index (χ4n) is 6.96. The van der Waals surface area contributed by atoms with Crippen LogP contribution in [0.4, 0.5) is 0 Å². The van der Waals surface area contributed by atoms with Crippen LogP contribution in [-0.4, -0.2) is 73.4 Å². The Kier molecular flexibility index (Phi) is 40.2. The van der Waals surface area contributed by atoms with E-state index >= 15 is 0 Å². The first-order valence-corrected chi connectivity index (χ1v) is 25.9. The summed E-state index contributed by atoms with van der Waals surface area (Å²) in [5.74, 6) is -0.192. The molecule has 0 aliphatic rings. The van der Waals surface area contributed by atoms with Crippen molar-refractivity contribution in [2.75, 3.05) is 40.9 Å². The summed E-state index contributed by atoms with van der Waals surface area (Å²) in [6.07, 6.45) is 50.9. The SMILES string of the molecule is CCCCCCCCCCCCCCCCC/C=C/CC/C=C/CC/C=C/C(O)C(COP(=O)(O)OCC[N+](C)(C)C)NC(=O)CCCCCCCCCCCCC. The van der Waals surface area contributed by atoms with E-state index in [1.54, 1.807) is 6.08 Å². The molecular formula is C49H96N2O6P+. The Hall–Kier alpha value is -1.28. The van der Waals surface area contributed by atoms with Gasteiger partial charge in [-0.1, -0.05) is 204 Å². The normalized spacial score (nSPS) is 14.5. The number of likely N-dealkylation sites (N-methyl/N-ethyl adjacent to an activating group) is 1. The van der Waals surface area contributed by atoms with E-state index in [0.29, 0.717) is 17.4 Å². The molecule has 3 unspecified atom stereocenters. The van der Waals surface area contributed by atoms with Gasteiger partial charge in [-0.25, -0.2) is 4.57 Å². The van der Waals surface area contributed by atoms with Gasteiger partial charge in [0.25, 0.3) is 0 Å². The molecule has 3 atom stereocenters. The summed E-state index contributed by atoms with van der Waals surface area (Å²) in [7, 11) is 1.55. The van der Waals surface area contributed by atoms with Gasteiger partial charge in [0.2, 0.25) is 5.91 Å². The number of nitrogens with zero attached hydrogens (tertiary/aromatic N) is 1. The van der Waals surface area contributed by atoms with Crippen LogP contribution in [0.3, 0.4) is 0 Å². The van der Waals surface area contributed by atoms with Crippen LogP contribution in [0.25, 0.3) is 0 Å². The summed E-state index contributed by atoms with van der Waals surface area (Å²) in [6.45, 7) is 4.78. The lowest BCUT2D eigenvalue weighted by molar-refractivity contribution is -0.870. The van der Waals surface area contributed by atoms with Crippen molar-refractivity contribution >= 4 is 13.7 Å². The van der Waals surface area contributed by atoms with Gasteiger partial charge in [0.1, 0.15) is 13.2 Å². The summed E-state index contributed by atoms with van der Waals surface area (Å²) in [4.78, 5) is 23.1. The number of hydrogen-bond acceptors (Lipinski definition) is 5. The highest BCUT2D eigenvalue weighted by molar-refractivity contribution is 7.47. The van der Waals surface area contributed by atoms with Crippen LogP contribution in [0.15, 0.2) is 36.5 Å². The maximum absolute atomic E-state index is 12.8. The standard InChI is InChI=1S/C49H95N2O6P/c1-6-8-10-12-14-16-18-19-20-21-22-23-24-25-26-27-28-29-30-31-33-34-36-38-40-42-48(52)47(46-57-58(54,55)56-45-44-51(3,4)5)50-49(53)43-41-39-37-35-32-17-15-13-11-9-7-2/h28-29,33-34,40,42,47-48,52H,6-27,30-32,35-39,41,43-46H2,1-5H3,(H-,50,53,54,55)/p+1/b29-28+,34-33+,42-40+. The van der Waals surface area contributed by atoms with Gasteiger partial charge in [0.15, 0.2) is 0 Å². The predicted molar refractivity (Wildman–Crippen MR) is 249 cm³/mol. The van der Waals surface area contributed by atoms with Crippen molar-refractivity contribution in [3.63, 3.8) is 0 Å². The van der Waals surface area contributed by atoms with Gasteiger partial charge in [0.05, 0.1) is 39.9 Å². The molecule has 0 fully saturated rings. The van der Waals surface area contributed by atoms with Crippen LogP contribution in [0.5, 0.6) is 0 Å². The lowest BCUT2D eigenvalue weighted by atomic mass is 10.0. The third-order valence-electron chi connectivity index (χ3n) is 10.8. The molecule has 3 N–H and O–H groups in total. The van der Waals surface area contributed by atoms with Crippen LogP contribution < -0.4 is 5.32 Å². The van der Waals surface area contributed by atoms with Gasteiger partial charge in [-0.2, -0.15) is 0 Å². The maximum Gasteiger partial charge on any atom is 0.472 e. The molecule has 0 bridgehead atoms. The smallest absolute Gasteiger partial charge is 0.387 e. The number of unbranched alkanes of at least 4 members (excludes halogenated alkanes) is 27. The summed E-state index contributed by atoms with van der Waals surface area (Å²) in [6, 6.07) is -0.865. The number of hydrogen-bond donors (Lipinski definition) is 3. The number of phosphoric acid groups is 1. The van der Waals surface area contributed by atoms with Gasteiger partial charge in [-0.05, 0) is 44.9 Å². The first-order valence-electron chi connectivity index (χ1n) is 24.4. The van der Waals surface area contributed by atoms with Crippen molar-refractivity contribution in [2.45, 2.75) is 231 Å². The third-order valence-corrected chi connectivity index (χ3v) is 11.8. The molecule has 8 nitrogen and oxygen atoms in total. The lowest BCUT2D eigenvalue weighted by Crippen LogP contribution is -2.45. The molecule has 0 aliphatic heterocycles. The highest BCUT2D eigenvalue weighted by atomic mass is 31.2. The Morgan fingerprint density at radius 2 is 0.948 bits per heavy atom. The van der Waals surface area contributed by atoms with E-state index in [2.05, 4.69) is 43.5 Å². The number of nitrogens with one attached hydrogen (secondary N) is 1. The zero-order valence-corrected chi connectivity index (χ0v) is 39.7. The highest BCUT2D eigenvalue weighted by Crippen LogP contribution is 2.43. The zero-order valence-electron chi connectivity index (χ0n) is 38.8. The number of allylic oxidation sites excluding steroid dienone is 5. The molecule has 58 heavy (non-hydrogen) atoms. The molecule has 1 amide bonds. The number of carbonyl (C=O) groups excluding carboxylic acids is 1. The van der Waals surface area contributed by atoms with E-state index < -0.39 is 20.0 Å². The van der Waals surface area contributed by atoms with Gasteiger partial charge < -0.3 is 19.8 Å². The van der Waals surface area contributed by atoms with Crippen molar-refractivity contribution in [1.29, 1.82) is 0 Å². The molecule has 0 heterocycles. The topological polar surface area (TPSA) is 105 Å². The van der Waals surface area contributed by atoms with Crippen molar-refractivity contribution in [3.05, 3.63) is 36.5 Å². The zero-order chi connectivity index (χ0) is 42.8. The average Bonchev–Trinajstić information content (AvgIpc) is 3.17. The number of quaternary nitrogens is 1. The molecule has 342 valence electrons. The molecule has 0 rings (SSSR count). The second-order valence-corrected chi connectivity index (χ2v) is 19.3. The number of aliphatic hydroxyl groups excluding tert-OH is 1. The quantitative estimate of drug-likeness (QED) is 0.0244. The number of rotatable bonds is 44. The summed E-state index contributed by atoms with van der Waals surface area (Å²) >= 11 is 0. The third kappa shape index (κ3) is 42.8. The minimum atomic E-state index is -4.35. The van der Waals surface area contributed by atoms with Crippen molar-refractivity contribution in [2.24, 2.45) is 0 Å². The Balaban J connectivity index is 4.33. The first kappa shape index (κ1) is 56.7. The summed E-state index contributed by atoms with van der Waals surface area (Å²) < 4.78 is 23.5. The van der Waals surface area contributed by atoms with E-state index in [-0.39, 0.29) is 19.1 Å². The first-order chi connectivity index (χ1) is 28.0. The van der Waals surface area contributed by atoms with Crippen molar-refractivity contribution < 1.29 is 32.9 Å². The number of phosphoric ester groups is 1. The summed E-state index contributed by atoms with van der Waals surface area (Å²) in [5, 5.41) is 13.8. The van der Waals surface area contributed by atoms with Gasteiger partial charge in [0, 0.05) is 6.42 Å². The molecule has 0 aromatic carbocycles. The fourth-order valence-corrected chi connectivity index (χ4v) is 7.69. The number of amides is 1. The number of carbonyl (C=O) groups is 1. The van der Waals surface area contributed by atoms with Crippen LogP contribution >= 0.6 is 7.82 Å². The fraction of sp³-hybridized carbons (Fsp3) is 0.857.